The predicted molar refractivity (Wildman–Crippen MR) is 406 cm³/mol. The van der Waals surface area contributed by atoms with Gasteiger partial charge >= 0.3 is 0 Å². The van der Waals surface area contributed by atoms with E-state index < -0.39 is 124 Å². The van der Waals surface area contributed by atoms with Crippen molar-refractivity contribution in [3.05, 3.63) is 48.6 Å². The van der Waals surface area contributed by atoms with Crippen LogP contribution in [0.5, 0.6) is 0 Å². The summed E-state index contributed by atoms with van der Waals surface area (Å²) in [5, 5.41) is 121. The maximum Gasteiger partial charge on any atom is 0.220 e. The van der Waals surface area contributed by atoms with Crippen LogP contribution in [0.15, 0.2) is 48.6 Å². The van der Waals surface area contributed by atoms with Gasteiger partial charge in [0.25, 0.3) is 0 Å². The minimum atomic E-state index is -1.97. The van der Waals surface area contributed by atoms with Gasteiger partial charge in [-0.2, -0.15) is 0 Å². The molecule has 3 rings (SSSR count). The van der Waals surface area contributed by atoms with Gasteiger partial charge in [0.05, 0.1) is 38.6 Å². The Labute approximate surface area is 618 Å². The van der Waals surface area contributed by atoms with Crippen molar-refractivity contribution < 1.29 is 89.4 Å². The summed E-state index contributed by atoms with van der Waals surface area (Å²) < 4.78 is 34.6. The summed E-state index contributed by atoms with van der Waals surface area (Å²) in [6, 6.07) is -0.891. The summed E-state index contributed by atoms with van der Waals surface area (Å²) in [6.45, 7) is 1.74. The summed E-state index contributed by atoms with van der Waals surface area (Å²) in [6.07, 6.45) is 53.4. The van der Waals surface area contributed by atoms with E-state index in [1.807, 2.05) is 0 Å². The Balaban J connectivity index is 1.35. The molecule has 3 aliphatic heterocycles. The first-order valence-electron chi connectivity index (χ1n) is 41.9. The summed E-state index contributed by atoms with van der Waals surface area (Å²) >= 11 is 0. The van der Waals surface area contributed by atoms with Crippen LogP contribution in [-0.2, 0) is 33.2 Å². The van der Waals surface area contributed by atoms with Crippen LogP contribution in [0.3, 0.4) is 0 Å². The van der Waals surface area contributed by atoms with E-state index in [9.17, 15) is 61.0 Å². The number of hydrogen-bond acceptors (Lipinski definition) is 18. The highest BCUT2D eigenvalue weighted by Crippen LogP contribution is 2.33. The quantitative estimate of drug-likeness (QED) is 0.0199. The number of hydrogen-bond donors (Lipinski definition) is 12. The van der Waals surface area contributed by atoms with E-state index in [0.29, 0.717) is 12.8 Å². The largest absolute Gasteiger partial charge is 0.394 e. The standard InChI is InChI=1S/C83H153NO18/c1-3-5-7-9-11-13-15-17-19-21-23-25-27-29-31-32-33-35-36-38-40-42-44-46-48-50-52-54-56-58-60-67(88)66(84-71(89)61-59-57-55-53-51-49-47-45-43-41-39-37-34-30-28-26-24-22-20-18-16-14-12-10-8-6-4-2)65-97-81-77(95)74(92)79(69(63-86)99-81)102-83-78(96)75(93)80(70(64-87)100-83)101-82-76(94)73(91)72(90)68(62-85)98-82/h6,8,12,14,18,20,24,26,66-70,72-83,85-88,90-96H,3-5,7,9-11,13,15-17,19,21-23,25,27-65H2,1-2H3,(H,84,89)/b8-6-,14-12-,20-18-,26-24-. The number of ether oxygens (including phenoxy) is 6. The molecule has 3 heterocycles. The average molecular weight is 1450 g/mol. The lowest BCUT2D eigenvalue weighted by molar-refractivity contribution is -0.379. The van der Waals surface area contributed by atoms with E-state index in [1.165, 1.54) is 238 Å². The Morgan fingerprint density at radius 3 is 1.06 bits per heavy atom. The van der Waals surface area contributed by atoms with Crippen LogP contribution < -0.4 is 5.32 Å². The highest BCUT2D eigenvalue weighted by molar-refractivity contribution is 5.76. The molecule has 0 spiro atoms. The lowest BCUT2D eigenvalue weighted by Gasteiger charge is -2.48. The number of aliphatic hydroxyl groups excluding tert-OH is 11. The van der Waals surface area contributed by atoms with Crippen LogP contribution in [0.1, 0.15) is 341 Å². The first-order chi connectivity index (χ1) is 49.8. The van der Waals surface area contributed by atoms with Gasteiger partial charge in [0.2, 0.25) is 5.91 Å². The van der Waals surface area contributed by atoms with Gasteiger partial charge in [-0.25, -0.2) is 0 Å². The van der Waals surface area contributed by atoms with E-state index >= 15 is 0 Å². The molecule has 3 fully saturated rings. The maximum atomic E-state index is 13.5. The summed E-state index contributed by atoms with van der Waals surface area (Å²) in [7, 11) is 0. The van der Waals surface area contributed by atoms with Crippen molar-refractivity contribution in [1.29, 1.82) is 0 Å². The van der Waals surface area contributed by atoms with Crippen LogP contribution in [0.4, 0.5) is 0 Å². The molecule has 17 unspecified atom stereocenters. The van der Waals surface area contributed by atoms with Gasteiger partial charge in [-0.15, -0.1) is 0 Å². The van der Waals surface area contributed by atoms with Gasteiger partial charge in [0.1, 0.15) is 73.2 Å². The molecule has 3 aliphatic rings. The number of carbonyl (C=O) groups excluding carboxylic acids is 1. The molecule has 0 aromatic heterocycles. The smallest absolute Gasteiger partial charge is 0.220 e. The van der Waals surface area contributed by atoms with Crippen molar-refractivity contribution in [1.82, 2.24) is 5.32 Å². The molecule has 102 heavy (non-hydrogen) atoms. The molecule has 12 N–H and O–H groups in total. The molecule has 0 radical (unpaired) electrons. The van der Waals surface area contributed by atoms with E-state index in [-0.39, 0.29) is 18.9 Å². The van der Waals surface area contributed by atoms with Crippen LogP contribution >= 0.6 is 0 Å². The fourth-order valence-electron chi connectivity index (χ4n) is 14.3. The van der Waals surface area contributed by atoms with Crippen LogP contribution in [0.25, 0.3) is 0 Å². The minimum Gasteiger partial charge on any atom is -0.394 e. The maximum absolute atomic E-state index is 13.5. The number of carbonyl (C=O) groups is 1. The van der Waals surface area contributed by atoms with Crippen molar-refractivity contribution in [2.24, 2.45) is 0 Å². The predicted octanol–water partition coefficient (Wildman–Crippen LogP) is 14.5. The first kappa shape index (κ1) is 94.0. The number of nitrogens with one attached hydrogen (secondary N) is 1. The third-order valence-electron chi connectivity index (χ3n) is 20.9. The molecule has 598 valence electrons. The SMILES string of the molecule is CC/C=C\C/C=C\C/C=C\C/C=C\CCCCCCCCCCCCCCCCC(=O)NC(COC1OC(CO)C(OC2OC(CO)C(OC3OC(CO)C(O)C(O)C3O)C(O)C2O)C(O)C1O)C(O)CCCCCCCCCCCCCCCCCCCCCCCCCCCCCCCC. The van der Waals surface area contributed by atoms with Crippen molar-refractivity contribution in [3.63, 3.8) is 0 Å². The van der Waals surface area contributed by atoms with Gasteiger partial charge in [0.15, 0.2) is 18.9 Å². The Morgan fingerprint density at radius 2 is 0.676 bits per heavy atom. The summed E-state index contributed by atoms with van der Waals surface area (Å²) in [5.41, 5.74) is 0. The number of allylic oxidation sites excluding steroid dienone is 8. The fourth-order valence-corrected chi connectivity index (χ4v) is 14.3. The van der Waals surface area contributed by atoms with Gasteiger partial charge in [-0.05, 0) is 51.4 Å². The third kappa shape index (κ3) is 43.1. The van der Waals surface area contributed by atoms with Crippen molar-refractivity contribution in [2.45, 2.75) is 446 Å². The molecular formula is C83H153NO18. The van der Waals surface area contributed by atoms with Crippen LogP contribution in [0, 0.1) is 0 Å². The van der Waals surface area contributed by atoms with Crippen molar-refractivity contribution >= 4 is 5.91 Å². The summed E-state index contributed by atoms with van der Waals surface area (Å²) in [5.74, 6) is -0.240. The second-order valence-corrected chi connectivity index (χ2v) is 29.9. The average Bonchev–Trinajstić information content (AvgIpc) is 0.782. The Hall–Kier alpha value is -2.25. The lowest BCUT2D eigenvalue weighted by atomic mass is 9.96. The Bertz CT molecular complexity index is 2030. The van der Waals surface area contributed by atoms with Gasteiger partial charge in [-0.1, -0.05) is 332 Å². The third-order valence-corrected chi connectivity index (χ3v) is 20.9. The van der Waals surface area contributed by atoms with E-state index in [1.54, 1.807) is 0 Å². The number of rotatable bonds is 67. The van der Waals surface area contributed by atoms with E-state index in [4.69, 9.17) is 28.4 Å². The molecule has 17 atom stereocenters. The lowest BCUT2D eigenvalue weighted by Crippen LogP contribution is -2.66. The van der Waals surface area contributed by atoms with E-state index in [2.05, 4.69) is 67.8 Å². The molecule has 0 saturated carbocycles. The van der Waals surface area contributed by atoms with Gasteiger partial charge in [0, 0.05) is 6.42 Å². The van der Waals surface area contributed by atoms with Crippen molar-refractivity contribution in [2.75, 3.05) is 26.4 Å². The molecular weight excluding hydrogens is 1300 g/mol. The van der Waals surface area contributed by atoms with Crippen molar-refractivity contribution in [3.8, 4) is 0 Å². The highest BCUT2D eigenvalue weighted by Gasteiger charge is 2.54. The zero-order valence-corrected chi connectivity index (χ0v) is 64.1. The van der Waals surface area contributed by atoms with Crippen LogP contribution in [-0.4, -0.2) is 193 Å². The highest BCUT2D eigenvalue weighted by atomic mass is 16.8. The second-order valence-electron chi connectivity index (χ2n) is 29.9. The number of amides is 1. The molecule has 0 bridgehead atoms. The molecule has 1 amide bonds. The zero-order valence-electron chi connectivity index (χ0n) is 64.1. The number of aliphatic hydroxyl groups is 11. The number of unbranched alkanes of at least 4 members (excludes halogenated alkanes) is 43. The normalized spacial score (nSPS) is 26.4. The van der Waals surface area contributed by atoms with Gasteiger partial charge < -0.3 is 89.9 Å². The molecule has 0 aromatic carbocycles. The molecule has 0 aliphatic carbocycles. The molecule has 0 aromatic rings. The molecule has 3 saturated heterocycles. The minimum absolute atomic E-state index is 0.240. The molecule has 19 nitrogen and oxygen atoms in total. The Kier molecular flexibility index (Phi) is 58.6. The van der Waals surface area contributed by atoms with E-state index in [0.717, 1.165) is 70.6 Å². The zero-order chi connectivity index (χ0) is 73.9. The first-order valence-corrected chi connectivity index (χ1v) is 41.9. The van der Waals surface area contributed by atoms with Crippen LogP contribution in [0.2, 0.25) is 0 Å². The Morgan fingerprint density at radius 1 is 0.363 bits per heavy atom. The topological polar surface area (TPSA) is 307 Å². The fraction of sp³-hybridized carbons (Fsp3) is 0.892. The monoisotopic (exact) mass is 1450 g/mol. The molecule has 19 heteroatoms. The second kappa shape index (κ2) is 63.7. The summed E-state index contributed by atoms with van der Waals surface area (Å²) in [4.78, 5) is 13.5. The van der Waals surface area contributed by atoms with Gasteiger partial charge in [-0.3, -0.25) is 4.79 Å².